The van der Waals surface area contributed by atoms with Crippen LogP contribution in [0, 0.1) is 0 Å². The molecular weight excluding hydrogens is 251 g/mol. The largest absolute Gasteiger partial charge is 0.266 e. The van der Waals surface area contributed by atoms with E-state index in [4.69, 9.17) is 0 Å². The van der Waals surface area contributed by atoms with Gasteiger partial charge in [0.2, 0.25) is 0 Å². The highest BCUT2D eigenvalue weighted by atomic mass is 31.1. The average molecular weight is 270 g/mol. The molecule has 0 amide bonds. The molecule has 0 N–H and O–H groups in total. The number of nitrogens with zero attached hydrogens (tertiary/aromatic N) is 2. The highest BCUT2D eigenvalue weighted by Gasteiger charge is 2.37. The Balaban J connectivity index is 2.01. The third-order valence-corrected chi connectivity index (χ3v) is 4.92. The molecule has 2 unspecified atom stereocenters. The lowest BCUT2D eigenvalue weighted by atomic mass is 9.93. The van der Waals surface area contributed by atoms with Gasteiger partial charge in [-0.3, -0.25) is 9.34 Å². The number of rotatable bonds is 2. The van der Waals surface area contributed by atoms with E-state index < -0.39 is 0 Å². The van der Waals surface area contributed by atoms with Crippen molar-refractivity contribution in [2.24, 2.45) is 0 Å². The van der Waals surface area contributed by atoms with E-state index in [1.54, 1.807) is 0 Å². The second kappa shape index (κ2) is 5.42. The van der Waals surface area contributed by atoms with Gasteiger partial charge in [-0.25, -0.2) is 0 Å². The Labute approximate surface area is 116 Å². The fourth-order valence-corrected chi connectivity index (χ4v) is 4.24. The second-order valence-electron chi connectivity index (χ2n) is 5.03. The van der Waals surface area contributed by atoms with Gasteiger partial charge in [0, 0.05) is 8.88 Å². The molecule has 0 saturated carbocycles. The maximum atomic E-state index is 2.45. The van der Waals surface area contributed by atoms with Crippen LogP contribution in [0.15, 0.2) is 60.7 Å². The van der Waals surface area contributed by atoms with Crippen molar-refractivity contribution < 1.29 is 0 Å². The summed E-state index contributed by atoms with van der Waals surface area (Å²) in [4.78, 5) is 0. The molecule has 1 heterocycles. The molecule has 2 aromatic carbocycles. The zero-order valence-electron chi connectivity index (χ0n) is 11.3. The smallest absolute Gasteiger partial charge is 0.0590 e. The van der Waals surface area contributed by atoms with Crippen LogP contribution in [-0.4, -0.2) is 23.4 Å². The third-order valence-electron chi connectivity index (χ3n) is 3.73. The first-order valence-electron chi connectivity index (χ1n) is 6.59. The molecule has 1 saturated heterocycles. The minimum atomic E-state index is 0.437. The Morgan fingerprint density at radius 3 is 1.42 bits per heavy atom. The van der Waals surface area contributed by atoms with Gasteiger partial charge in [0.15, 0.2) is 0 Å². The first-order valence-corrected chi connectivity index (χ1v) is 7.48. The van der Waals surface area contributed by atoms with E-state index in [9.17, 15) is 0 Å². The molecule has 1 aliphatic rings. The molecule has 0 aliphatic carbocycles. The van der Waals surface area contributed by atoms with Crippen molar-refractivity contribution >= 4 is 8.88 Å². The Morgan fingerprint density at radius 2 is 1.05 bits per heavy atom. The van der Waals surface area contributed by atoms with Gasteiger partial charge >= 0.3 is 0 Å². The van der Waals surface area contributed by atoms with E-state index in [1.165, 1.54) is 11.1 Å². The van der Waals surface area contributed by atoms with Gasteiger partial charge < -0.3 is 0 Å². The summed E-state index contributed by atoms with van der Waals surface area (Å²) in [5.74, 6) is 0. The summed E-state index contributed by atoms with van der Waals surface area (Å²) in [6.07, 6.45) is 0. The molecule has 0 aromatic heterocycles. The topological polar surface area (TPSA) is 6.48 Å². The Hall–Kier alpha value is -1.21. The molecule has 3 atom stereocenters. The quantitative estimate of drug-likeness (QED) is 0.765. The molecule has 0 radical (unpaired) electrons. The van der Waals surface area contributed by atoms with Crippen LogP contribution in [0.5, 0.6) is 0 Å². The summed E-state index contributed by atoms with van der Waals surface area (Å²) < 4.78 is 4.90. The van der Waals surface area contributed by atoms with E-state index in [-0.39, 0.29) is 0 Å². The van der Waals surface area contributed by atoms with Crippen molar-refractivity contribution in [2.45, 2.75) is 12.1 Å². The zero-order chi connectivity index (χ0) is 13.2. The van der Waals surface area contributed by atoms with Crippen LogP contribution in [0.3, 0.4) is 0 Å². The first-order chi connectivity index (χ1) is 9.27. The monoisotopic (exact) mass is 270 g/mol. The minimum Gasteiger partial charge on any atom is -0.266 e. The van der Waals surface area contributed by atoms with Gasteiger partial charge in [0.05, 0.1) is 12.1 Å². The Kier molecular flexibility index (Phi) is 3.65. The van der Waals surface area contributed by atoms with Gasteiger partial charge in [-0.15, -0.1) is 0 Å². The fraction of sp³-hybridized carbons (Fsp3) is 0.250. The fourth-order valence-electron chi connectivity index (χ4n) is 2.91. The highest BCUT2D eigenvalue weighted by molar-refractivity contribution is 7.32. The molecule has 2 nitrogen and oxygen atoms in total. The third kappa shape index (κ3) is 2.44. The summed E-state index contributed by atoms with van der Waals surface area (Å²) in [5, 5.41) is 0. The maximum absolute atomic E-state index is 2.45. The van der Waals surface area contributed by atoms with Crippen LogP contribution in [0.1, 0.15) is 23.2 Å². The van der Waals surface area contributed by atoms with Gasteiger partial charge in [-0.1, -0.05) is 60.7 Å². The Morgan fingerprint density at radius 1 is 0.684 bits per heavy atom. The molecule has 3 heteroatoms. The van der Waals surface area contributed by atoms with E-state index in [0.29, 0.717) is 12.1 Å². The lowest BCUT2D eigenvalue weighted by molar-refractivity contribution is 0.316. The molecule has 2 aromatic rings. The molecule has 1 aliphatic heterocycles. The number of hydrogen-bond donors (Lipinski definition) is 0. The van der Waals surface area contributed by atoms with Crippen LogP contribution in [0.25, 0.3) is 0 Å². The maximum Gasteiger partial charge on any atom is 0.0590 e. The van der Waals surface area contributed by atoms with Gasteiger partial charge in [-0.05, 0) is 25.2 Å². The van der Waals surface area contributed by atoms with E-state index in [2.05, 4.69) is 84.1 Å². The molecule has 1 fully saturated rings. The van der Waals surface area contributed by atoms with Crippen LogP contribution >= 0.6 is 8.88 Å². The van der Waals surface area contributed by atoms with Gasteiger partial charge in [0.1, 0.15) is 0 Å². The molecule has 3 rings (SSSR count). The lowest BCUT2D eigenvalue weighted by Gasteiger charge is -2.26. The van der Waals surface area contributed by atoms with E-state index in [0.717, 1.165) is 8.88 Å². The number of likely N-dealkylation sites (N-methyl/N-ethyl adjacent to an activating group) is 2. The second-order valence-corrected chi connectivity index (χ2v) is 6.64. The molecule has 98 valence electrons. The predicted molar refractivity (Wildman–Crippen MR) is 82.2 cm³/mol. The van der Waals surface area contributed by atoms with Crippen LogP contribution in [0.2, 0.25) is 0 Å². The van der Waals surface area contributed by atoms with Crippen LogP contribution < -0.4 is 0 Å². The number of hydrogen-bond acceptors (Lipinski definition) is 2. The van der Waals surface area contributed by atoms with Crippen molar-refractivity contribution in [3.8, 4) is 0 Å². The van der Waals surface area contributed by atoms with Crippen LogP contribution in [-0.2, 0) is 0 Å². The molecule has 0 spiro atoms. The lowest BCUT2D eigenvalue weighted by Crippen LogP contribution is -2.20. The first kappa shape index (κ1) is 12.8. The van der Waals surface area contributed by atoms with Gasteiger partial charge in [0.25, 0.3) is 0 Å². The molecule has 19 heavy (non-hydrogen) atoms. The van der Waals surface area contributed by atoms with Gasteiger partial charge in [-0.2, -0.15) is 0 Å². The van der Waals surface area contributed by atoms with E-state index in [1.807, 2.05) is 0 Å². The van der Waals surface area contributed by atoms with Crippen molar-refractivity contribution in [3.05, 3.63) is 71.8 Å². The summed E-state index contributed by atoms with van der Waals surface area (Å²) in [5.41, 5.74) is 2.80. The van der Waals surface area contributed by atoms with Crippen molar-refractivity contribution in [2.75, 3.05) is 14.1 Å². The summed E-state index contributed by atoms with van der Waals surface area (Å²) >= 11 is 0. The minimum absolute atomic E-state index is 0.437. The SMILES string of the molecule is CN1PN(C)[C@H](c2ccccc2)C1c1ccccc1. The predicted octanol–water partition coefficient (Wildman–Crippen LogP) is 3.85. The summed E-state index contributed by atoms with van der Waals surface area (Å²) in [6.45, 7) is 0. The van der Waals surface area contributed by atoms with Crippen molar-refractivity contribution in [3.63, 3.8) is 0 Å². The molecular formula is C16H19N2P. The van der Waals surface area contributed by atoms with Crippen LogP contribution in [0.4, 0.5) is 0 Å². The normalized spacial score (nSPS) is 26.0. The Bertz CT molecular complexity index is 479. The number of benzene rings is 2. The summed E-state index contributed by atoms with van der Waals surface area (Å²) in [7, 11) is 5.17. The highest BCUT2D eigenvalue weighted by Crippen LogP contribution is 2.52. The average Bonchev–Trinajstić information content (AvgIpc) is 2.75. The van der Waals surface area contributed by atoms with Crippen molar-refractivity contribution in [1.82, 2.24) is 9.34 Å². The van der Waals surface area contributed by atoms with E-state index >= 15 is 0 Å². The van der Waals surface area contributed by atoms with Crippen molar-refractivity contribution in [1.29, 1.82) is 0 Å². The zero-order valence-corrected chi connectivity index (χ0v) is 12.3. The standard InChI is InChI=1S/C16H19N2P/c1-17-15(13-9-5-3-6-10-13)16(18(2)19-17)14-11-7-4-8-12-14/h3-12,15-16,19H,1-2H3/t15-,16?/m1/s1. The molecule has 0 bridgehead atoms. The summed E-state index contributed by atoms with van der Waals surface area (Å²) in [6, 6.07) is 22.5.